The Hall–Kier alpha value is -1.91. The van der Waals surface area contributed by atoms with Gasteiger partial charge in [-0.15, -0.1) is 0 Å². The molecular weight excluding hydrogens is 196 g/mol. The lowest BCUT2D eigenvalue weighted by molar-refractivity contribution is -0.384. The van der Waals surface area contributed by atoms with Gasteiger partial charge in [0.15, 0.2) is 11.5 Å². The summed E-state index contributed by atoms with van der Waals surface area (Å²) < 4.78 is 5.38. The third-order valence-electron chi connectivity index (χ3n) is 2.09. The SMILES string of the molecule is CCCc1nc2ccc([N+](=O)[O-])cc2o1. The number of nitro groups is 1. The minimum absolute atomic E-state index is 0.0294. The highest BCUT2D eigenvalue weighted by molar-refractivity contribution is 5.75. The summed E-state index contributed by atoms with van der Waals surface area (Å²) in [6, 6.07) is 4.44. The van der Waals surface area contributed by atoms with Gasteiger partial charge in [-0.2, -0.15) is 0 Å². The van der Waals surface area contributed by atoms with Gasteiger partial charge in [0, 0.05) is 12.5 Å². The zero-order valence-corrected chi connectivity index (χ0v) is 8.27. The largest absolute Gasteiger partial charge is 0.440 e. The lowest BCUT2D eigenvalue weighted by Crippen LogP contribution is -1.86. The van der Waals surface area contributed by atoms with Crippen LogP contribution >= 0.6 is 0 Å². The van der Waals surface area contributed by atoms with E-state index in [4.69, 9.17) is 4.42 Å². The minimum Gasteiger partial charge on any atom is -0.440 e. The van der Waals surface area contributed by atoms with Crippen molar-refractivity contribution in [3.63, 3.8) is 0 Å². The highest BCUT2D eigenvalue weighted by Crippen LogP contribution is 2.21. The zero-order chi connectivity index (χ0) is 10.8. The molecule has 0 saturated carbocycles. The van der Waals surface area contributed by atoms with Crippen molar-refractivity contribution in [1.82, 2.24) is 4.98 Å². The average Bonchev–Trinajstić information content (AvgIpc) is 2.59. The number of benzene rings is 1. The van der Waals surface area contributed by atoms with E-state index in [-0.39, 0.29) is 5.69 Å². The molecule has 0 N–H and O–H groups in total. The van der Waals surface area contributed by atoms with Gasteiger partial charge in [0.25, 0.3) is 5.69 Å². The number of oxazole rings is 1. The molecule has 0 atom stereocenters. The lowest BCUT2D eigenvalue weighted by atomic mass is 10.3. The van der Waals surface area contributed by atoms with Gasteiger partial charge in [-0.3, -0.25) is 10.1 Å². The molecule has 0 bridgehead atoms. The minimum atomic E-state index is -0.443. The number of non-ortho nitro benzene ring substituents is 1. The number of aryl methyl sites for hydroxylation is 1. The maximum absolute atomic E-state index is 10.5. The summed E-state index contributed by atoms with van der Waals surface area (Å²) in [5.74, 6) is 0.632. The van der Waals surface area contributed by atoms with Crippen molar-refractivity contribution in [2.45, 2.75) is 19.8 Å². The Balaban J connectivity index is 2.47. The maximum Gasteiger partial charge on any atom is 0.273 e. The molecule has 0 spiro atoms. The summed E-state index contributed by atoms with van der Waals surface area (Å²) in [5, 5.41) is 10.5. The van der Waals surface area contributed by atoms with Gasteiger partial charge in [-0.05, 0) is 12.5 Å². The highest BCUT2D eigenvalue weighted by atomic mass is 16.6. The Kier molecular flexibility index (Phi) is 2.37. The van der Waals surface area contributed by atoms with E-state index in [0.29, 0.717) is 17.0 Å². The summed E-state index contributed by atoms with van der Waals surface area (Å²) >= 11 is 0. The molecule has 1 aromatic carbocycles. The standard InChI is InChI=1S/C10H10N2O3/c1-2-3-10-11-8-5-4-7(12(13)14)6-9(8)15-10/h4-6H,2-3H2,1H3. The number of aromatic nitrogens is 1. The molecule has 1 aromatic heterocycles. The van der Waals surface area contributed by atoms with Crippen LogP contribution in [0.15, 0.2) is 22.6 Å². The van der Waals surface area contributed by atoms with Gasteiger partial charge in [0.2, 0.25) is 0 Å². The molecule has 0 aliphatic heterocycles. The first-order valence-corrected chi connectivity index (χ1v) is 4.74. The van der Waals surface area contributed by atoms with Crippen LogP contribution in [-0.2, 0) is 6.42 Å². The summed E-state index contributed by atoms with van der Waals surface area (Å²) in [6.45, 7) is 2.03. The number of fused-ring (bicyclic) bond motifs is 1. The Morgan fingerprint density at radius 3 is 3.00 bits per heavy atom. The molecule has 78 valence electrons. The van der Waals surface area contributed by atoms with Gasteiger partial charge < -0.3 is 4.42 Å². The average molecular weight is 206 g/mol. The molecule has 0 radical (unpaired) electrons. The molecule has 15 heavy (non-hydrogen) atoms. The molecule has 5 nitrogen and oxygen atoms in total. The molecule has 0 amide bonds. The highest BCUT2D eigenvalue weighted by Gasteiger charge is 2.10. The molecule has 5 heteroatoms. The van der Waals surface area contributed by atoms with Crippen LogP contribution in [0.25, 0.3) is 11.1 Å². The maximum atomic E-state index is 10.5. The van der Waals surface area contributed by atoms with Crippen LogP contribution in [0.4, 0.5) is 5.69 Å². The normalized spacial score (nSPS) is 10.7. The monoisotopic (exact) mass is 206 g/mol. The third kappa shape index (κ3) is 1.81. The molecule has 2 aromatic rings. The molecule has 1 heterocycles. The first kappa shape index (κ1) is 9.64. The van der Waals surface area contributed by atoms with Crippen molar-refractivity contribution >= 4 is 16.8 Å². The quantitative estimate of drug-likeness (QED) is 0.571. The van der Waals surface area contributed by atoms with Gasteiger partial charge >= 0.3 is 0 Å². The van der Waals surface area contributed by atoms with Crippen molar-refractivity contribution in [2.75, 3.05) is 0 Å². The van der Waals surface area contributed by atoms with E-state index in [1.54, 1.807) is 6.07 Å². The van der Waals surface area contributed by atoms with E-state index in [0.717, 1.165) is 12.8 Å². The Morgan fingerprint density at radius 2 is 2.33 bits per heavy atom. The fourth-order valence-corrected chi connectivity index (χ4v) is 1.40. The molecule has 0 aliphatic carbocycles. The zero-order valence-electron chi connectivity index (χ0n) is 8.27. The predicted molar refractivity (Wildman–Crippen MR) is 54.7 cm³/mol. The van der Waals surface area contributed by atoms with Crippen LogP contribution in [0.1, 0.15) is 19.2 Å². The van der Waals surface area contributed by atoms with Crippen LogP contribution in [0.2, 0.25) is 0 Å². The van der Waals surface area contributed by atoms with E-state index in [2.05, 4.69) is 4.98 Å². The molecule has 0 fully saturated rings. The van der Waals surface area contributed by atoms with E-state index in [1.165, 1.54) is 12.1 Å². The molecular formula is C10H10N2O3. The second-order valence-corrected chi connectivity index (χ2v) is 3.27. The Labute approximate surface area is 85.9 Å². The van der Waals surface area contributed by atoms with Gasteiger partial charge in [0.1, 0.15) is 5.52 Å². The number of hydrogen-bond donors (Lipinski definition) is 0. The number of nitro benzene ring substituents is 1. The summed E-state index contributed by atoms with van der Waals surface area (Å²) in [6.07, 6.45) is 1.69. The molecule has 0 unspecified atom stereocenters. The van der Waals surface area contributed by atoms with Gasteiger partial charge in [0.05, 0.1) is 11.0 Å². The lowest BCUT2D eigenvalue weighted by Gasteiger charge is -1.88. The van der Waals surface area contributed by atoms with Gasteiger partial charge in [-0.1, -0.05) is 6.92 Å². The fourth-order valence-electron chi connectivity index (χ4n) is 1.40. The van der Waals surface area contributed by atoms with Crippen LogP contribution in [0, 0.1) is 10.1 Å². The van der Waals surface area contributed by atoms with E-state index >= 15 is 0 Å². The third-order valence-corrected chi connectivity index (χ3v) is 2.09. The van der Waals surface area contributed by atoms with E-state index in [1.807, 2.05) is 6.92 Å². The van der Waals surface area contributed by atoms with Crippen molar-refractivity contribution in [3.8, 4) is 0 Å². The van der Waals surface area contributed by atoms with Gasteiger partial charge in [-0.25, -0.2) is 4.98 Å². The van der Waals surface area contributed by atoms with Crippen LogP contribution < -0.4 is 0 Å². The molecule has 0 aliphatic rings. The van der Waals surface area contributed by atoms with Crippen molar-refractivity contribution in [3.05, 3.63) is 34.2 Å². The summed E-state index contributed by atoms with van der Waals surface area (Å²) in [7, 11) is 0. The van der Waals surface area contributed by atoms with E-state index in [9.17, 15) is 10.1 Å². The fraction of sp³-hybridized carbons (Fsp3) is 0.300. The van der Waals surface area contributed by atoms with E-state index < -0.39 is 4.92 Å². The van der Waals surface area contributed by atoms with Crippen LogP contribution in [0.5, 0.6) is 0 Å². The van der Waals surface area contributed by atoms with Crippen molar-refractivity contribution in [1.29, 1.82) is 0 Å². The Bertz CT molecular complexity index is 504. The first-order valence-electron chi connectivity index (χ1n) is 4.74. The second kappa shape index (κ2) is 3.68. The topological polar surface area (TPSA) is 69.2 Å². The smallest absolute Gasteiger partial charge is 0.273 e. The predicted octanol–water partition coefficient (Wildman–Crippen LogP) is 2.69. The Morgan fingerprint density at radius 1 is 1.53 bits per heavy atom. The van der Waals surface area contributed by atoms with Crippen molar-refractivity contribution in [2.24, 2.45) is 0 Å². The number of nitrogens with zero attached hydrogens (tertiary/aromatic N) is 2. The second-order valence-electron chi connectivity index (χ2n) is 3.27. The first-order chi connectivity index (χ1) is 7.20. The van der Waals surface area contributed by atoms with Crippen LogP contribution in [0.3, 0.4) is 0 Å². The van der Waals surface area contributed by atoms with Crippen molar-refractivity contribution < 1.29 is 9.34 Å². The molecule has 0 saturated heterocycles. The van der Waals surface area contributed by atoms with Crippen LogP contribution in [-0.4, -0.2) is 9.91 Å². The number of rotatable bonds is 3. The molecule has 2 rings (SSSR count). The number of hydrogen-bond acceptors (Lipinski definition) is 4. The summed E-state index contributed by atoms with van der Waals surface area (Å²) in [4.78, 5) is 14.3. The summed E-state index contributed by atoms with van der Waals surface area (Å²) in [5.41, 5.74) is 1.18.